The number of hydrogen-bond acceptors (Lipinski definition) is 4. The van der Waals surface area contributed by atoms with Crippen LogP contribution in [-0.4, -0.2) is 21.5 Å². The second kappa shape index (κ2) is 5.42. The molecule has 0 saturated heterocycles. The van der Waals surface area contributed by atoms with Crippen LogP contribution in [0.15, 0.2) is 53.8 Å². The summed E-state index contributed by atoms with van der Waals surface area (Å²) in [5, 5.41) is 0.990. The molecule has 3 N–H and O–H groups in total. The number of nitrogens with two attached hydrogens (primary N) is 1. The van der Waals surface area contributed by atoms with Crippen LogP contribution in [0.25, 0.3) is 11.0 Å². The Morgan fingerprint density at radius 1 is 1.16 bits per heavy atom. The van der Waals surface area contributed by atoms with Crippen LogP contribution >= 0.6 is 11.8 Å². The Balaban J connectivity index is 1.86. The summed E-state index contributed by atoms with van der Waals surface area (Å²) in [6.07, 6.45) is 1.79. The fourth-order valence-corrected chi connectivity index (χ4v) is 2.86. The highest BCUT2D eigenvalue weighted by molar-refractivity contribution is 7.99. The van der Waals surface area contributed by atoms with Crippen molar-refractivity contribution in [3.8, 4) is 0 Å². The number of para-hydroxylation sites is 2. The predicted octanol–water partition coefficient (Wildman–Crippen LogP) is 2.75. The Morgan fingerprint density at radius 2 is 2.00 bits per heavy atom. The summed E-state index contributed by atoms with van der Waals surface area (Å²) in [4.78, 5) is 12.2. The van der Waals surface area contributed by atoms with Gasteiger partial charge in [-0.3, -0.25) is 4.98 Å². The number of fused-ring (bicyclic) bond motifs is 1. The van der Waals surface area contributed by atoms with E-state index in [0.29, 0.717) is 6.54 Å². The van der Waals surface area contributed by atoms with Crippen molar-refractivity contribution in [1.82, 2.24) is 15.0 Å². The average Bonchev–Trinajstić information content (AvgIpc) is 2.88. The van der Waals surface area contributed by atoms with Crippen LogP contribution in [0.1, 0.15) is 10.9 Å². The number of nitrogens with one attached hydrogen (secondary N) is 1. The molecule has 3 rings (SSSR count). The molecule has 19 heavy (non-hydrogen) atoms. The van der Waals surface area contributed by atoms with Crippen molar-refractivity contribution in [3.05, 3.63) is 54.4 Å². The minimum Gasteiger partial charge on any atom is -0.333 e. The minimum absolute atomic E-state index is 0.113. The quantitative estimate of drug-likeness (QED) is 0.715. The van der Waals surface area contributed by atoms with Crippen LogP contribution in [0, 0.1) is 0 Å². The molecular formula is C14H14N4S. The van der Waals surface area contributed by atoms with E-state index in [1.165, 1.54) is 0 Å². The van der Waals surface area contributed by atoms with Crippen molar-refractivity contribution in [3.63, 3.8) is 0 Å². The SMILES string of the molecule is NCC(Sc1nc2ccccc2[nH]1)c1ccccn1. The minimum atomic E-state index is 0.113. The molecule has 0 aliphatic carbocycles. The van der Waals surface area contributed by atoms with E-state index in [4.69, 9.17) is 5.73 Å². The molecule has 1 unspecified atom stereocenters. The number of hydrogen-bond donors (Lipinski definition) is 2. The summed E-state index contributed by atoms with van der Waals surface area (Å²) < 4.78 is 0. The first-order chi connectivity index (χ1) is 9.36. The van der Waals surface area contributed by atoms with Crippen molar-refractivity contribution in [1.29, 1.82) is 0 Å². The van der Waals surface area contributed by atoms with Gasteiger partial charge in [-0.15, -0.1) is 0 Å². The van der Waals surface area contributed by atoms with E-state index in [-0.39, 0.29) is 5.25 Å². The maximum absolute atomic E-state index is 5.84. The second-order valence-corrected chi connectivity index (χ2v) is 5.35. The zero-order chi connectivity index (χ0) is 13.1. The average molecular weight is 270 g/mol. The van der Waals surface area contributed by atoms with E-state index in [9.17, 15) is 0 Å². The molecule has 2 aromatic heterocycles. The molecule has 0 bridgehead atoms. The molecule has 4 nitrogen and oxygen atoms in total. The van der Waals surface area contributed by atoms with Gasteiger partial charge in [0, 0.05) is 12.7 Å². The summed E-state index contributed by atoms with van der Waals surface area (Å²) >= 11 is 1.61. The summed E-state index contributed by atoms with van der Waals surface area (Å²) in [5.41, 5.74) is 8.84. The molecular weight excluding hydrogens is 256 g/mol. The number of aromatic nitrogens is 3. The summed E-state index contributed by atoms with van der Waals surface area (Å²) in [6.45, 7) is 0.527. The van der Waals surface area contributed by atoms with Gasteiger partial charge in [-0.1, -0.05) is 30.0 Å². The van der Waals surface area contributed by atoms with Crippen molar-refractivity contribution in [2.75, 3.05) is 6.54 Å². The molecule has 0 saturated carbocycles. The maximum Gasteiger partial charge on any atom is 0.167 e. The fraction of sp³-hybridized carbons (Fsp3) is 0.143. The molecule has 0 spiro atoms. The number of imidazole rings is 1. The van der Waals surface area contributed by atoms with Gasteiger partial charge < -0.3 is 10.7 Å². The Kier molecular flexibility index (Phi) is 3.48. The van der Waals surface area contributed by atoms with Gasteiger partial charge in [0.25, 0.3) is 0 Å². The topological polar surface area (TPSA) is 67.6 Å². The predicted molar refractivity (Wildman–Crippen MR) is 78.0 cm³/mol. The molecule has 0 amide bonds. The number of aromatic amines is 1. The van der Waals surface area contributed by atoms with Gasteiger partial charge >= 0.3 is 0 Å². The highest BCUT2D eigenvalue weighted by Gasteiger charge is 2.14. The first-order valence-electron chi connectivity index (χ1n) is 6.09. The molecule has 3 aromatic rings. The normalized spacial score (nSPS) is 12.7. The third-order valence-electron chi connectivity index (χ3n) is 2.85. The van der Waals surface area contributed by atoms with E-state index in [1.807, 2.05) is 42.5 Å². The lowest BCUT2D eigenvalue weighted by molar-refractivity contribution is 0.890. The lowest BCUT2D eigenvalue weighted by atomic mass is 10.3. The molecule has 0 radical (unpaired) electrons. The number of benzene rings is 1. The van der Waals surface area contributed by atoms with Gasteiger partial charge in [0.2, 0.25) is 0 Å². The largest absolute Gasteiger partial charge is 0.333 e. The van der Waals surface area contributed by atoms with E-state index in [1.54, 1.807) is 18.0 Å². The summed E-state index contributed by atoms with van der Waals surface area (Å²) in [7, 11) is 0. The van der Waals surface area contributed by atoms with Crippen molar-refractivity contribution < 1.29 is 0 Å². The van der Waals surface area contributed by atoms with Crippen LogP contribution in [0.3, 0.4) is 0 Å². The first-order valence-corrected chi connectivity index (χ1v) is 6.97. The first kappa shape index (κ1) is 12.2. The Bertz CT molecular complexity index is 632. The lowest BCUT2D eigenvalue weighted by Crippen LogP contribution is -2.10. The van der Waals surface area contributed by atoms with Gasteiger partial charge in [-0.2, -0.15) is 0 Å². The molecule has 96 valence electrons. The molecule has 0 fully saturated rings. The fourth-order valence-electron chi connectivity index (χ4n) is 1.92. The van der Waals surface area contributed by atoms with E-state index in [2.05, 4.69) is 15.0 Å². The highest BCUT2D eigenvalue weighted by Crippen LogP contribution is 2.32. The molecule has 0 aliphatic heterocycles. The zero-order valence-corrected chi connectivity index (χ0v) is 11.1. The van der Waals surface area contributed by atoms with Gasteiger partial charge in [-0.25, -0.2) is 4.98 Å². The second-order valence-electron chi connectivity index (χ2n) is 4.16. The smallest absolute Gasteiger partial charge is 0.167 e. The maximum atomic E-state index is 5.84. The third kappa shape index (κ3) is 2.62. The molecule has 1 aromatic carbocycles. The number of nitrogens with zero attached hydrogens (tertiary/aromatic N) is 2. The lowest BCUT2D eigenvalue weighted by Gasteiger charge is -2.11. The van der Waals surface area contributed by atoms with Crippen molar-refractivity contribution in [2.24, 2.45) is 5.73 Å². The molecule has 2 heterocycles. The Morgan fingerprint density at radius 3 is 2.74 bits per heavy atom. The van der Waals surface area contributed by atoms with Crippen molar-refractivity contribution in [2.45, 2.75) is 10.4 Å². The third-order valence-corrected chi connectivity index (χ3v) is 3.99. The molecule has 0 aliphatic rings. The van der Waals surface area contributed by atoms with Gasteiger partial charge in [-0.05, 0) is 24.3 Å². The number of H-pyrrole nitrogens is 1. The Hall–Kier alpha value is -1.85. The van der Waals surface area contributed by atoms with Crippen LogP contribution < -0.4 is 5.73 Å². The van der Waals surface area contributed by atoms with Crippen LogP contribution in [0.2, 0.25) is 0 Å². The zero-order valence-electron chi connectivity index (χ0n) is 10.3. The van der Waals surface area contributed by atoms with Crippen molar-refractivity contribution >= 4 is 22.8 Å². The van der Waals surface area contributed by atoms with Crippen LogP contribution in [0.4, 0.5) is 0 Å². The van der Waals surface area contributed by atoms with E-state index >= 15 is 0 Å². The van der Waals surface area contributed by atoms with Gasteiger partial charge in [0.15, 0.2) is 5.16 Å². The molecule has 1 atom stereocenters. The van der Waals surface area contributed by atoms with E-state index in [0.717, 1.165) is 21.9 Å². The van der Waals surface area contributed by atoms with Crippen LogP contribution in [0.5, 0.6) is 0 Å². The monoisotopic (exact) mass is 270 g/mol. The van der Waals surface area contributed by atoms with Gasteiger partial charge in [0.05, 0.1) is 22.0 Å². The summed E-state index contributed by atoms with van der Waals surface area (Å²) in [6, 6.07) is 13.9. The van der Waals surface area contributed by atoms with E-state index < -0.39 is 0 Å². The molecule has 5 heteroatoms. The number of rotatable bonds is 4. The standard InChI is InChI=1S/C14H14N4S/c15-9-13(12-7-3-4-8-16-12)19-14-17-10-5-1-2-6-11(10)18-14/h1-8,13H,9,15H2,(H,17,18). The van der Waals surface area contributed by atoms with Gasteiger partial charge in [0.1, 0.15) is 0 Å². The number of pyridine rings is 1. The Labute approximate surface area is 115 Å². The van der Waals surface area contributed by atoms with Crippen LogP contribution in [-0.2, 0) is 0 Å². The highest BCUT2D eigenvalue weighted by atomic mass is 32.2. The summed E-state index contributed by atoms with van der Waals surface area (Å²) in [5.74, 6) is 0. The number of thioether (sulfide) groups is 1.